The van der Waals surface area contributed by atoms with E-state index in [9.17, 15) is 0 Å². The summed E-state index contributed by atoms with van der Waals surface area (Å²) < 4.78 is 69.3. The quantitative estimate of drug-likeness (QED) is 0.282. The number of aryl methyl sites for hydroxylation is 4. The van der Waals surface area contributed by atoms with Gasteiger partial charge in [-0.25, -0.2) is 4.57 Å². The molecule has 0 aliphatic rings. The van der Waals surface area contributed by atoms with E-state index in [1.54, 1.807) is 36.5 Å². The largest absolute Gasteiger partial charge is 0.213 e. The van der Waals surface area contributed by atoms with Crippen LogP contribution in [0.3, 0.4) is 0 Å². The summed E-state index contributed by atoms with van der Waals surface area (Å²) in [5.41, 5.74) is 4.51. The average Bonchev–Trinajstić information content (AvgIpc) is 2.87. The van der Waals surface area contributed by atoms with Crippen molar-refractivity contribution in [1.82, 2.24) is 0 Å². The number of rotatable bonds is 4. The van der Waals surface area contributed by atoms with Gasteiger partial charge in [0.2, 0.25) is 5.69 Å². The highest BCUT2D eigenvalue weighted by atomic mass is 14.9. The molecule has 0 saturated carbocycles. The molecule has 0 bridgehead atoms. The van der Waals surface area contributed by atoms with Crippen molar-refractivity contribution in [2.75, 3.05) is 0 Å². The highest BCUT2D eigenvalue weighted by Crippen LogP contribution is 2.36. The summed E-state index contributed by atoms with van der Waals surface area (Å²) in [6, 6.07) is 21.5. The topological polar surface area (TPSA) is 3.88 Å². The average molecular weight is 443 g/mol. The van der Waals surface area contributed by atoms with Gasteiger partial charge in [0.25, 0.3) is 0 Å². The van der Waals surface area contributed by atoms with E-state index in [4.69, 9.17) is 11.0 Å². The molecule has 1 heterocycles. The van der Waals surface area contributed by atoms with Gasteiger partial charge in [-0.15, -0.1) is 0 Å². The molecule has 0 N–H and O–H groups in total. The summed E-state index contributed by atoms with van der Waals surface area (Å²) in [6.45, 7) is 2.60. The fraction of sp³-hybridized carbons (Fsp3) is 0.281. The number of aromatic nitrogens is 1. The summed E-state index contributed by atoms with van der Waals surface area (Å²) in [4.78, 5) is 0. The SMILES string of the molecule is [2H]C([2H])([2H])c1cc(C)c(-c2cc(-c3ccccc3C([2H])([2H])[2H])c(C([2H])([2H])C(C)(C)C)c[n+]2C)cc1-c1ccccc1. The molecule has 0 spiro atoms. The Kier molecular flexibility index (Phi) is 4.04. The van der Waals surface area contributed by atoms with Gasteiger partial charge < -0.3 is 0 Å². The molecule has 0 unspecified atom stereocenters. The Morgan fingerprint density at radius 3 is 2.15 bits per heavy atom. The Hall–Kier alpha value is -3.19. The molecule has 0 aliphatic heterocycles. The fourth-order valence-corrected chi connectivity index (χ4v) is 4.20. The van der Waals surface area contributed by atoms with Gasteiger partial charge in [-0.1, -0.05) is 81.4 Å². The van der Waals surface area contributed by atoms with E-state index in [1.165, 1.54) is 0 Å². The van der Waals surface area contributed by atoms with Crippen LogP contribution in [-0.4, -0.2) is 0 Å². The maximum atomic E-state index is 9.14. The molecular formula is C32H36N+. The number of pyridine rings is 1. The molecule has 0 fully saturated rings. The second kappa shape index (κ2) is 8.98. The van der Waals surface area contributed by atoms with Crippen molar-refractivity contribution in [3.05, 3.63) is 101 Å². The van der Waals surface area contributed by atoms with Crippen LogP contribution < -0.4 is 4.57 Å². The zero-order valence-corrected chi connectivity index (χ0v) is 20.0. The Balaban J connectivity index is 2.11. The van der Waals surface area contributed by atoms with Gasteiger partial charge in [-0.2, -0.15) is 0 Å². The van der Waals surface area contributed by atoms with Crippen LogP contribution >= 0.6 is 0 Å². The molecule has 168 valence electrons. The van der Waals surface area contributed by atoms with Gasteiger partial charge in [0.15, 0.2) is 6.20 Å². The minimum Gasteiger partial charge on any atom is -0.201 e. The van der Waals surface area contributed by atoms with Crippen molar-refractivity contribution in [2.45, 2.75) is 47.8 Å². The molecule has 0 saturated heterocycles. The van der Waals surface area contributed by atoms with Gasteiger partial charge in [-0.3, -0.25) is 0 Å². The second-order valence-electron chi connectivity index (χ2n) is 9.60. The first-order chi connectivity index (χ1) is 18.8. The molecule has 0 radical (unpaired) electrons. The van der Waals surface area contributed by atoms with Crippen molar-refractivity contribution in [3.8, 4) is 33.5 Å². The Morgan fingerprint density at radius 1 is 0.758 bits per heavy atom. The van der Waals surface area contributed by atoms with Crippen molar-refractivity contribution >= 4 is 0 Å². The Labute approximate surface area is 211 Å². The zero-order chi connectivity index (χ0) is 30.5. The monoisotopic (exact) mass is 442 g/mol. The van der Waals surface area contributed by atoms with Crippen LogP contribution in [0.1, 0.15) is 54.0 Å². The van der Waals surface area contributed by atoms with Crippen LogP contribution in [0.4, 0.5) is 0 Å². The smallest absolute Gasteiger partial charge is 0.201 e. The predicted molar refractivity (Wildman–Crippen MR) is 141 cm³/mol. The minimum absolute atomic E-state index is 0.144. The molecule has 0 aliphatic carbocycles. The lowest BCUT2D eigenvalue weighted by Gasteiger charge is -2.21. The third-order valence-corrected chi connectivity index (χ3v) is 5.73. The van der Waals surface area contributed by atoms with E-state index < -0.39 is 25.5 Å². The van der Waals surface area contributed by atoms with Crippen LogP contribution in [0.25, 0.3) is 33.5 Å². The summed E-state index contributed by atoms with van der Waals surface area (Å²) in [5, 5.41) is 0. The molecule has 0 amide bonds. The number of benzene rings is 3. The highest BCUT2D eigenvalue weighted by molar-refractivity contribution is 5.79. The molecule has 1 heteroatoms. The van der Waals surface area contributed by atoms with E-state index in [2.05, 4.69) is 0 Å². The summed E-state index contributed by atoms with van der Waals surface area (Å²) in [6.07, 6.45) is -0.0681. The highest BCUT2D eigenvalue weighted by Gasteiger charge is 2.23. The molecule has 4 rings (SSSR count). The van der Waals surface area contributed by atoms with Gasteiger partial charge >= 0.3 is 0 Å². The van der Waals surface area contributed by atoms with Crippen LogP contribution in [0.2, 0.25) is 0 Å². The lowest BCUT2D eigenvalue weighted by molar-refractivity contribution is -0.660. The molecule has 33 heavy (non-hydrogen) atoms. The summed E-state index contributed by atoms with van der Waals surface area (Å²) in [7, 11) is 1.83. The van der Waals surface area contributed by atoms with Crippen molar-refractivity contribution < 1.29 is 15.5 Å². The molecule has 1 aromatic heterocycles. The second-order valence-corrected chi connectivity index (χ2v) is 9.60. The first kappa shape index (κ1) is 14.9. The fourth-order valence-electron chi connectivity index (χ4n) is 4.20. The third kappa shape index (κ3) is 4.93. The normalized spacial score (nSPS) is 16.4. The summed E-state index contributed by atoms with van der Waals surface area (Å²) >= 11 is 0. The van der Waals surface area contributed by atoms with E-state index in [0.29, 0.717) is 27.9 Å². The maximum Gasteiger partial charge on any atom is 0.213 e. The number of nitrogens with zero attached hydrogens (tertiary/aromatic N) is 1. The van der Waals surface area contributed by atoms with Crippen molar-refractivity contribution in [3.63, 3.8) is 0 Å². The van der Waals surface area contributed by atoms with E-state index in [0.717, 1.165) is 16.7 Å². The third-order valence-electron chi connectivity index (χ3n) is 5.73. The lowest BCUT2D eigenvalue weighted by atomic mass is 9.84. The maximum absolute atomic E-state index is 9.14. The predicted octanol–water partition coefficient (Wildman–Crippen LogP) is 8.03. The molecule has 0 atom stereocenters. The van der Waals surface area contributed by atoms with Crippen LogP contribution in [0.5, 0.6) is 0 Å². The van der Waals surface area contributed by atoms with Gasteiger partial charge in [-0.05, 0) is 77.4 Å². The minimum atomic E-state index is -2.40. The van der Waals surface area contributed by atoms with Crippen molar-refractivity contribution in [1.29, 1.82) is 0 Å². The first-order valence-corrected chi connectivity index (χ1v) is 11.2. The van der Waals surface area contributed by atoms with Gasteiger partial charge in [0.1, 0.15) is 7.05 Å². The van der Waals surface area contributed by atoms with E-state index >= 15 is 0 Å². The Bertz CT molecular complexity index is 1580. The molecular weight excluding hydrogens is 398 g/mol. The van der Waals surface area contributed by atoms with Gasteiger partial charge in [0.05, 0.1) is 0 Å². The summed E-state index contributed by atoms with van der Waals surface area (Å²) in [5.74, 6) is 0. The standard InChI is InChI=1S/C32H36N/c1-22-13-11-12-16-27(22)30-19-31(33(7)21-26(30)20-32(4,5)6)29-18-28(23(2)17-24(29)3)25-14-9-8-10-15-25/h8-19,21H,20H2,1-7H3/q+1/i1D3,2D3,20D2. The zero-order valence-electron chi connectivity index (χ0n) is 28.0. The Morgan fingerprint density at radius 2 is 1.45 bits per heavy atom. The van der Waals surface area contributed by atoms with Crippen molar-refractivity contribution in [2.24, 2.45) is 12.5 Å². The van der Waals surface area contributed by atoms with E-state index in [1.807, 2.05) is 81.8 Å². The van der Waals surface area contributed by atoms with Crippen LogP contribution in [0, 0.1) is 26.0 Å². The molecule has 1 nitrogen and oxygen atoms in total. The molecule has 4 aromatic rings. The van der Waals surface area contributed by atoms with Gasteiger partial charge in [0, 0.05) is 28.2 Å². The molecule has 3 aromatic carbocycles. The first-order valence-electron chi connectivity index (χ1n) is 15.2. The van der Waals surface area contributed by atoms with Crippen LogP contribution in [0.15, 0.2) is 79.0 Å². The number of hydrogen-bond donors (Lipinski definition) is 0. The van der Waals surface area contributed by atoms with E-state index in [-0.39, 0.29) is 11.1 Å². The number of hydrogen-bond acceptors (Lipinski definition) is 0. The lowest BCUT2D eigenvalue weighted by Crippen LogP contribution is -2.32. The van der Waals surface area contributed by atoms with Crippen LogP contribution in [-0.2, 0) is 13.4 Å².